The Morgan fingerprint density at radius 1 is 0.941 bits per heavy atom. The zero-order valence-electron chi connectivity index (χ0n) is 18.2. The molecule has 2 amide bonds. The van der Waals surface area contributed by atoms with E-state index in [9.17, 15) is 19.7 Å². The molecular weight excluding hydrogens is 438 g/mol. The van der Waals surface area contributed by atoms with Crippen molar-refractivity contribution in [2.45, 2.75) is 19.1 Å². The topological polar surface area (TPSA) is 102 Å². The third kappa shape index (κ3) is 3.37. The summed E-state index contributed by atoms with van der Waals surface area (Å²) in [5, 5.41) is 13.3. The molecule has 9 nitrogen and oxygen atoms in total. The van der Waals surface area contributed by atoms with E-state index in [1.165, 1.54) is 11.1 Å². The molecule has 0 N–H and O–H groups in total. The van der Waals surface area contributed by atoms with Crippen molar-refractivity contribution in [3.63, 3.8) is 0 Å². The molecule has 0 aliphatic carbocycles. The zero-order valence-corrected chi connectivity index (χ0v) is 18.2. The summed E-state index contributed by atoms with van der Waals surface area (Å²) in [6.45, 7) is 2.17. The number of nitro groups is 1. The highest BCUT2D eigenvalue weighted by Gasteiger charge is 2.61. The van der Waals surface area contributed by atoms with Gasteiger partial charge < -0.3 is 4.74 Å². The van der Waals surface area contributed by atoms with Crippen molar-refractivity contribution >= 4 is 28.9 Å². The maximum absolute atomic E-state index is 13.8. The number of ether oxygens (including phenoxy) is 1. The highest BCUT2D eigenvalue weighted by molar-refractivity contribution is 6.24. The number of hydrogen-bond donors (Lipinski definition) is 0. The van der Waals surface area contributed by atoms with Crippen molar-refractivity contribution in [2.75, 3.05) is 16.6 Å². The molecule has 2 fully saturated rings. The molecule has 0 spiro atoms. The second kappa shape index (κ2) is 8.60. The van der Waals surface area contributed by atoms with Crippen LogP contribution in [-0.2, 0) is 14.4 Å². The maximum Gasteiger partial charge on any atom is 0.274 e. The Morgan fingerprint density at radius 3 is 2.35 bits per heavy atom. The highest BCUT2D eigenvalue weighted by Crippen LogP contribution is 2.50. The number of nitrogens with zero attached hydrogens (tertiary/aromatic N) is 3. The predicted octanol–water partition coefficient (Wildman–Crippen LogP) is 4.04. The number of benzene rings is 3. The monoisotopic (exact) mass is 459 g/mol. The molecule has 2 aliphatic heterocycles. The fourth-order valence-electron chi connectivity index (χ4n) is 4.59. The van der Waals surface area contributed by atoms with E-state index in [0.29, 0.717) is 29.3 Å². The summed E-state index contributed by atoms with van der Waals surface area (Å²) in [7, 11) is 0. The number of nitro benzene ring substituents is 1. The Balaban J connectivity index is 1.63. The first-order valence-electron chi connectivity index (χ1n) is 10.9. The third-order valence-corrected chi connectivity index (χ3v) is 5.98. The minimum absolute atomic E-state index is 0.147. The second-order valence-corrected chi connectivity index (χ2v) is 7.89. The number of imide groups is 1. The van der Waals surface area contributed by atoms with Crippen LogP contribution in [-0.4, -0.2) is 29.4 Å². The molecule has 3 aromatic carbocycles. The number of hydrogen-bond acceptors (Lipinski definition) is 7. The van der Waals surface area contributed by atoms with Gasteiger partial charge in [-0.15, -0.1) is 0 Å². The van der Waals surface area contributed by atoms with Crippen molar-refractivity contribution in [3.05, 3.63) is 94.5 Å². The fourth-order valence-corrected chi connectivity index (χ4v) is 4.59. The number of rotatable bonds is 6. The van der Waals surface area contributed by atoms with E-state index >= 15 is 0 Å². The Kier molecular flexibility index (Phi) is 5.46. The summed E-state index contributed by atoms with van der Waals surface area (Å²) in [4.78, 5) is 45.7. The van der Waals surface area contributed by atoms with Crippen LogP contribution in [0.2, 0.25) is 0 Å². The van der Waals surface area contributed by atoms with E-state index in [-0.39, 0.29) is 5.69 Å². The number of anilines is 2. The number of fused-ring (bicyclic) bond motifs is 1. The zero-order chi connectivity index (χ0) is 23.8. The Hall–Kier alpha value is -4.24. The van der Waals surface area contributed by atoms with Crippen LogP contribution in [0, 0.1) is 16.0 Å². The number of hydroxylamine groups is 1. The summed E-state index contributed by atoms with van der Waals surface area (Å²) >= 11 is 0. The molecular formula is C25H21N3O6. The van der Waals surface area contributed by atoms with Gasteiger partial charge >= 0.3 is 0 Å². The second-order valence-electron chi connectivity index (χ2n) is 7.89. The van der Waals surface area contributed by atoms with E-state index in [2.05, 4.69) is 0 Å². The average molecular weight is 459 g/mol. The first-order valence-corrected chi connectivity index (χ1v) is 10.9. The van der Waals surface area contributed by atoms with Gasteiger partial charge in [0.05, 0.1) is 28.5 Å². The molecule has 3 aromatic rings. The van der Waals surface area contributed by atoms with Gasteiger partial charge in [-0.1, -0.05) is 42.5 Å². The average Bonchev–Trinajstić information content (AvgIpc) is 3.36. The smallest absolute Gasteiger partial charge is 0.274 e. The lowest BCUT2D eigenvalue weighted by molar-refractivity contribution is -0.385. The molecule has 0 aromatic heterocycles. The van der Waals surface area contributed by atoms with Gasteiger partial charge in [0, 0.05) is 6.07 Å². The van der Waals surface area contributed by atoms with Crippen LogP contribution in [0.1, 0.15) is 18.5 Å². The van der Waals surface area contributed by atoms with Gasteiger partial charge in [-0.05, 0) is 37.3 Å². The summed E-state index contributed by atoms with van der Waals surface area (Å²) in [5.74, 6) is -1.62. The normalized spacial score (nSPS) is 21.6. The van der Waals surface area contributed by atoms with Gasteiger partial charge in [-0.3, -0.25) is 24.5 Å². The fraction of sp³-hybridized carbons (Fsp3) is 0.200. The lowest BCUT2D eigenvalue weighted by atomic mass is 9.89. The van der Waals surface area contributed by atoms with Crippen LogP contribution in [0.3, 0.4) is 0 Å². The molecule has 5 rings (SSSR count). The summed E-state index contributed by atoms with van der Waals surface area (Å²) < 4.78 is 5.63. The lowest BCUT2D eigenvalue weighted by Crippen LogP contribution is -2.37. The van der Waals surface area contributed by atoms with Gasteiger partial charge in [-0.2, -0.15) is 0 Å². The Morgan fingerprint density at radius 2 is 1.62 bits per heavy atom. The molecule has 2 heterocycles. The molecule has 172 valence electrons. The quantitative estimate of drug-likeness (QED) is 0.311. The number of carbonyl (C=O) groups excluding carboxylic acids is 2. The van der Waals surface area contributed by atoms with E-state index in [1.54, 1.807) is 66.7 Å². The molecule has 2 saturated heterocycles. The first-order chi connectivity index (χ1) is 16.5. The highest BCUT2D eigenvalue weighted by atomic mass is 16.7. The van der Waals surface area contributed by atoms with E-state index in [1.807, 2.05) is 13.0 Å². The molecule has 9 heteroatoms. The van der Waals surface area contributed by atoms with Crippen molar-refractivity contribution in [1.29, 1.82) is 0 Å². The molecule has 2 aliphatic rings. The van der Waals surface area contributed by atoms with Crippen LogP contribution >= 0.6 is 0 Å². The minimum atomic E-state index is -1.13. The van der Waals surface area contributed by atoms with E-state index < -0.39 is 34.8 Å². The van der Waals surface area contributed by atoms with E-state index in [4.69, 9.17) is 9.57 Å². The maximum atomic E-state index is 13.8. The number of para-hydroxylation sites is 4. The first kappa shape index (κ1) is 21.6. The van der Waals surface area contributed by atoms with Crippen LogP contribution in [0.5, 0.6) is 5.75 Å². The summed E-state index contributed by atoms with van der Waals surface area (Å²) in [6, 6.07) is 21.0. The van der Waals surface area contributed by atoms with Gasteiger partial charge in [0.1, 0.15) is 17.7 Å². The SMILES string of the molecule is CCOc1ccccc1N1C(=O)[C@@H]2[C@H](ON(c3ccccc3)[C@@H]2c2ccccc2[N+](=O)[O-])C1=O. The van der Waals surface area contributed by atoms with Crippen LogP contribution in [0.15, 0.2) is 78.9 Å². The van der Waals surface area contributed by atoms with Gasteiger partial charge in [0.2, 0.25) is 5.91 Å². The molecule has 3 atom stereocenters. The summed E-state index contributed by atoms with van der Waals surface area (Å²) in [5.41, 5.74) is 1.06. The van der Waals surface area contributed by atoms with Crippen molar-refractivity contribution in [2.24, 2.45) is 5.92 Å². The van der Waals surface area contributed by atoms with Crippen LogP contribution < -0.4 is 14.7 Å². The Bertz CT molecular complexity index is 1260. The lowest BCUT2D eigenvalue weighted by Gasteiger charge is -2.28. The van der Waals surface area contributed by atoms with Crippen molar-refractivity contribution in [1.82, 2.24) is 0 Å². The van der Waals surface area contributed by atoms with Crippen LogP contribution in [0.4, 0.5) is 17.1 Å². The standard InChI is InChI=1S/C25H21N3O6/c1-2-33-20-15-9-8-14-19(20)26-24(29)21-22(17-12-6-7-13-18(17)28(31)32)27(34-23(21)25(26)30)16-10-4-3-5-11-16/h3-15,21-23H,2H2,1H3/t21-,22+,23-/m0/s1. The minimum Gasteiger partial charge on any atom is -0.492 e. The molecule has 0 unspecified atom stereocenters. The number of carbonyl (C=O) groups is 2. The largest absolute Gasteiger partial charge is 0.492 e. The molecule has 0 radical (unpaired) electrons. The van der Waals surface area contributed by atoms with Gasteiger partial charge in [-0.25, -0.2) is 9.96 Å². The summed E-state index contributed by atoms with van der Waals surface area (Å²) in [6.07, 6.45) is -1.13. The van der Waals surface area contributed by atoms with Gasteiger partial charge in [0.15, 0.2) is 6.10 Å². The molecule has 34 heavy (non-hydrogen) atoms. The van der Waals surface area contributed by atoms with Gasteiger partial charge in [0.25, 0.3) is 11.6 Å². The van der Waals surface area contributed by atoms with E-state index in [0.717, 1.165) is 4.90 Å². The number of amides is 2. The predicted molar refractivity (Wildman–Crippen MR) is 123 cm³/mol. The van der Waals surface area contributed by atoms with Crippen molar-refractivity contribution in [3.8, 4) is 5.75 Å². The van der Waals surface area contributed by atoms with Crippen LogP contribution in [0.25, 0.3) is 0 Å². The molecule has 0 saturated carbocycles. The van der Waals surface area contributed by atoms with Crippen molar-refractivity contribution < 1.29 is 24.1 Å². The Labute approximate surface area is 195 Å². The molecule has 0 bridgehead atoms. The third-order valence-electron chi connectivity index (χ3n) is 5.98.